The minimum absolute atomic E-state index is 0.0595. The molecule has 4 N–H and O–H groups in total. The van der Waals surface area contributed by atoms with Crippen LogP contribution in [0.25, 0.3) is 21.6 Å². The van der Waals surface area contributed by atoms with E-state index in [1.54, 1.807) is 37.3 Å². The fourth-order valence-corrected chi connectivity index (χ4v) is 6.17. The van der Waals surface area contributed by atoms with Crippen molar-refractivity contribution in [1.29, 1.82) is 0 Å². The molecule has 1 saturated heterocycles. The van der Waals surface area contributed by atoms with Crippen molar-refractivity contribution >= 4 is 24.9 Å². The van der Waals surface area contributed by atoms with Crippen molar-refractivity contribution in [2.75, 3.05) is 19.5 Å². The van der Waals surface area contributed by atoms with E-state index < -0.39 is 38.3 Å². The lowest BCUT2D eigenvalue weighted by molar-refractivity contribution is -0.0437. The van der Waals surface area contributed by atoms with Gasteiger partial charge in [0.15, 0.2) is 17.4 Å². The maximum atomic E-state index is 14.0. The molecule has 2 aromatic heterocycles. The fraction of sp³-hybridized carbons (Fsp3) is 0.476. The van der Waals surface area contributed by atoms with Crippen LogP contribution in [0.3, 0.4) is 0 Å². The third-order valence-corrected chi connectivity index (χ3v) is 7.79. The highest BCUT2D eigenvalue weighted by atomic mass is 31.2. The predicted molar refractivity (Wildman–Crippen MR) is 131 cm³/mol. The zero-order valence-corrected chi connectivity index (χ0v) is 20.9. The minimum Gasteiger partial charge on any atom is -0.479 e. The van der Waals surface area contributed by atoms with Gasteiger partial charge >= 0.3 is 7.75 Å². The summed E-state index contributed by atoms with van der Waals surface area (Å²) in [6.45, 7) is 1.04. The van der Waals surface area contributed by atoms with Crippen LogP contribution in [0, 0.1) is 0 Å². The van der Waals surface area contributed by atoms with Crippen LogP contribution in [0.2, 0.25) is 0 Å². The molecule has 196 valence electrons. The molecule has 1 aliphatic heterocycles. The number of fused-ring (bicyclic) bond motifs is 1. The fourth-order valence-electron chi connectivity index (χ4n) is 4.26. The summed E-state index contributed by atoms with van der Waals surface area (Å²) in [5.41, 5.74) is 14.3. The molecule has 0 bridgehead atoms. The van der Waals surface area contributed by atoms with Crippen molar-refractivity contribution in [3.8, 4) is 11.6 Å². The third-order valence-electron chi connectivity index (χ3n) is 6.15. The predicted octanol–water partition coefficient (Wildman–Crippen LogP) is 2.70. The van der Waals surface area contributed by atoms with Gasteiger partial charge in [0, 0.05) is 11.0 Å². The second-order valence-electron chi connectivity index (χ2n) is 8.87. The molecule has 5 atom stereocenters. The Bertz CT molecular complexity index is 1380. The number of hydrogen-bond acceptors (Lipinski definition) is 11. The van der Waals surface area contributed by atoms with Gasteiger partial charge in [0.2, 0.25) is 11.8 Å². The lowest BCUT2D eigenvalue weighted by Gasteiger charge is -2.33. The Morgan fingerprint density at radius 3 is 2.78 bits per heavy atom. The van der Waals surface area contributed by atoms with Crippen LogP contribution in [0.1, 0.15) is 26.0 Å². The van der Waals surface area contributed by atoms with E-state index >= 15 is 0 Å². The Morgan fingerprint density at radius 1 is 1.38 bits per heavy atom. The summed E-state index contributed by atoms with van der Waals surface area (Å²) in [7, 11) is -2.61. The molecule has 2 aliphatic rings. The molecule has 1 unspecified atom stereocenters. The van der Waals surface area contributed by atoms with E-state index in [1.807, 2.05) is 0 Å². The van der Waals surface area contributed by atoms with Gasteiger partial charge in [-0.05, 0) is 37.4 Å². The number of nitrogen functional groups attached to an aromatic ring is 1. The van der Waals surface area contributed by atoms with Crippen molar-refractivity contribution in [3.63, 3.8) is 0 Å². The van der Waals surface area contributed by atoms with E-state index in [2.05, 4.69) is 30.1 Å². The summed E-state index contributed by atoms with van der Waals surface area (Å²) in [5.74, 6) is 0.390. The van der Waals surface area contributed by atoms with Crippen LogP contribution >= 0.6 is 7.75 Å². The summed E-state index contributed by atoms with van der Waals surface area (Å²) in [5, 5.41) is 17.1. The first-order chi connectivity index (χ1) is 17.8. The zero-order chi connectivity index (χ0) is 26.2. The van der Waals surface area contributed by atoms with Crippen LogP contribution in [-0.2, 0) is 13.8 Å². The number of hydrogen-bond donors (Lipinski definition) is 3. The molecule has 3 aromatic rings. The molecule has 1 aliphatic carbocycles. The Morgan fingerprint density at radius 2 is 2.14 bits per heavy atom. The van der Waals surface area contributed by atoms with Gasteiger partial charge in [-0.3, -0.25) is 9.09 Å². The average molecular weight is 531 g/mol. The molecule has 0 radical (unpaired) electrons. The number of aromatic nitrogens is 4. The number of methoxy groups -OCH3 is 1. The first kappa shape index (κ1) is 25.2. The Balaban J connectivity index is 1.55. The largest absolute Gasteiger partial charge is 0.479 e. The van der Waals surface area contributed by atoms with Gasteiger partial charge in [0.05, 0.1) is 20.0 Å². The van der Waals surface area contributed by atoms with Gasteiger partial charge in [-0.25, -0.2) is 14.6 Å². The van der Waals surface area contributed by atoms with Crippen LogP contribution < -0.4 is 20.1 Å². The first-order valence-electron chi connectivity index (χ1n) is 11.5. The van der Waals surface area contributed by atoms with Gasteiger partial charge in [-0.1, -0.05) is 23.3 Å². The van der Waals surface area contributed by atoms with E-state index in [0.29, 0.717) is 11.3 Å². The normalized spacial score (nSPS) is 26.9. The first-order valence-corrected chi connectivity index (χ1v) is 13.0. The van der Waals surface area contributed by atoms with Crippen molar-refractivity contribution < 1.29 is 28.2 Å². The Labute approximate surface area is 211 Å². The number of azide groups is 1. The monoisotopic (exact) mass is 531 g/mol. The summed E-state index contributed by atoms with van der Waals surface area (Å²) in [6, 6.07) is 8.49. The summed E-state index contributed by atoms with van der Waals surface area (Å²) in [6.07, 6.45) is -0.325. The lowest BCUT2D eigenvalue weighted by Crippen LogP contribution is -2.45. The summed E-state index contributed by atoms with van der Waals surface area (Å²) < 4.78 is 38.7. The SMILES string of the molecule is COc1nc(N)nc2c1ncn2[C@@H]1O[C@H](CO)[C@@H](OP(=O)(NC2CC2)Oc2ccccc2)[C@@]1(C)N=[N+]=[N-]. The Hall–Kier alpha value is -3.45. The van der Waals surface area contributed by atoms with Gasteiger partial charge in [0.25, 0.3) is 0 Å². The molecule has 16 heteroatoms. The standard InChI is InChI=1S/C21H26N9O6P/c1-21(28-29-23)16(36-37(32,27-12-8-9-12)35-13-6-4-3-5-7-13)14(10-31)34-19(21)30-11-24-15-17(30)25-20(22)26-18(15)33-2/h3-7,11-12,14,16,19,31H,8-10H2,1-2H3,(H,27,32)(H2,22,25,26)/t14-,16-,19-,21-,37?/m1/s1. The summed E-state index contributed by atoms with van der Waals surface area (Å²) in [4.78, 5) is 15.6. The highest BCUT2D eigenvalue weighted by Crippen LogP contribution is 2.54. The molecule has 1 saturated carbocycles. The third kappa shape index (κ3) is 4.80. The molecule has 15 nitrogen and oxygen atoms in total. The van der Waals surface area contributed by atoms with Gasteiger partial charge < -0.3 is 24.8 Å². The molecule has 5 rings (SSSR count). The highest BCUT2D eigenvalue weighted by molar-refractivity contribution is 7.52. The number of imidazole rings is 1. The Kier molecular flexibility index (Phi) is 6.67. The quantitative estimate of drug-likeness (QED) is 0.150. The maximum Gasteiger partial charge on any atom is 0.459 e. The number of para-hydroxylation sites is 1. The zero-order valence-electron chi connectivity index (χ0n) is 20.0. The number of aliphatic hydroxyl groups is 1. The molecule has 0 spiro atoms. The lowest BCUT2D eigenvalue weighted by atomic mass is 9.93. The van der Waals surface area contributed by atoms with Gasteiger partial charge in [0.1, 0.15) is 23.5 Å². The van der Waals surface area contributed by atoms with Gasteiger partial charge in [-0.15, -0.1) is 0 Å². The highest BCUT2D eigenvalue weighted by Gasteiger charge is 2.58. The molecular formula is C21H26N9O6P. The topological polar surface area (TPSA) is 205 Å². The van der Waals surface area contributed by atoms with Crippen LogP contribution in [0.5, 0.6) is 11.6 Å². The van der Waals surface area contributed by atoms with E-state index in [0.717, 1.165) is 12.8 Å². The second-order valence-corrected chi connectivity index (χ2v) is 10.5. The van der Waals surface area contributed by atoms with Crippen molar-refractivity contribution in [1.82, 2.24) is 24.6 Å². The number of nitrogens with two attached hydrogens (primary N) is 1. The molecule has 37 heavy (non-hydrogen) atoms. The second kappa shape index (κ2) is 9.78. The summed E-state index contributed by atoms with van der Waals surface area (Å²) >= 11 is 0. The van der Waals surface area contributed by atoms with Crippen molar-refractivity contribution in [3.05, 3.63) is 47.1 Å². The molecule has 2 fully saturated rings. The van der Waals surface area contributed by atoms with Crippen molar-refractivity contribution in [2.45, 2.75) is 49.8 Å². The van der Waals surface area contributed by atoms with Crippen LogP contribution in [0.4, 0.5) is 5.95 Å². The van der Waals surface area contributed by atoms with Gasteiger partial charge in [-0.2, -0.15) is 9.97 Å². The van der Waals surface area contributed by atoms with E-state index in [-0.39, 0.29) is 23.5 Å². The van der Waals surface area contributed by atoms with Crippen LogP contribution in [-0.4, -0.2) is 62.1 Å². The number of rotatable bonds is 10. The molecule has 3 heterocycles. The number of aliphatic hydroxyl groups excluding tert-OH is 1. The molecule has 1 aromatic carbocycles. The number of nitrogens with zero attached hydrogens (tertiary/aromatic N) is 7. The van der Waals surface area contributed by atoms with E-state index in [9.17, 15) is 15.2 Å². The van der Waals surface area contributed by atoms with E-state index in [4.69, 9.17) is 24.3 Å². The molecule has 0 amide bonds. The molecular weight excluding hydrogens is 505 g/mol. The number of ether oxygens (including phenoxy) is 2. The number of benzene rings is 1. The van der Waals surface area contributed by atoms with Crippen LogP contribution in [0.15, 0.2) is 41.8 Å². The smallest absolute Gasteiger partial charge is 0.459 e. The number of anilines is 1. The maximum absolute atomic E-state index is 14.0. The average Bonchev–Trinajstić information content (AvgIpc) is 3.52. The number of nitrogens with one attached hydrogen (secondary N) is 1. The van der Waals surface area contributed by atoms with E-state index in [1.165, 1.54) is 18.0 Å². The minimum atomic E-state index is -4.03. The van der Waals surface area contributed by atoms with Crippen molar-refractivity contribution in [2.24, 2.45) is 5.11 Å².